The average Bonchev–Trinajstić information content (AvgIpc) is 2.35. The molecule has 2 aromatic rings. The number of methoxy groups -OCH3 is 1. The van der Waals surface area contributed by atoms with Crippen molar-refractivity contribution >= 4 is 44.7 Å². The molecule has 3 N–H and O–H groups in total. The van der Waals surface area contributed by atoms with Gasteiger partial charge in [-0.15, -0.1) is 0 Å². The highest BCUT2D eigenvalue weighted by Gasteiger charge is 2.06. The first-order valence-electron chi connectivity index (χ1n) is 5.11. The molecular formula is C12H11BrClN3O. The van der Waals surface area contributed by atoms with Crippen molar-refractivity contribution < 1.29 is 4.74 Å². The van der Waals surface area contributed by atoms with E-state index in [1.54, 1.807) is 37.6 Å². The molecule has 0 aliphatic heterocycles. The third-order valence-electron chi connectivity index (χ3n) is 2.31. The summed E-state index contributed by atoms with van der Waals surface area (Å²) in [5.41, 5.74) is 7.08. The summed E-state index contributed by atoms with van der Waals surface area (Å²) in [7, 11) is 1.60. The van der Waals surface area contributed by atoms with E-state index in [0.29, 0.717) is 28.0 Å². The average molecular weight is 329 g/mol. The zero-order valence-corrected chi connectivity index (χ0v) is 11.9. The number of anilines is 3. The van der Waals surface area contributed by atoms with E-state index >= 15 is 0 Å². The third kappa shape index (κ3) is 2.86. The molecule has 0 unspecified atom stereocenters. The molecule has 94 valence electrons. The van der Waals surface area contributed by atoms with Crippen molar-refractivity contribution in [3.05, 3.63) is 40.0 Å². The fraction of sp³-hybridized carbons (Fsp3) is 0.0833. The number of benzene rings is 1. The molecule has 1 aromatic heterocycles. The Bertz CT molecular complexity index is 577. The van der Waals surface area contributed by atoms with Crippen molar-refractivity contribution in [2.24, 2.45) is 0 Å². The Morgan fingerprint density at radius 1 is 1.39 bits per heavy atom. The summed E-state index contributed by atoms with van der Waals surface area (Å²) in [5.74, 6) is 1.26. The number of rotatable bonds is 3. The number of nitrogen functional groups attached to an aromatic ring is 1. The number of nitrogens with one attached hydrogen (secondary N) is 1. The van der Waals surface area contributed by atoms with Crippen LogP contribution in [0.3, 0.4) is 0 Å². The Morgan fingerprint density at radius 3 is 2.83 bits per heavy atom. The largest absolute Gasteiger partial charge is 0.497 e. The Hall–Kier alpha value is -1.46. The summed E-state index contributed by atoms with van der Waals surface area (Å²) in [4.78, 5) is 4.19. The topological polar surface area (TPSA) is 60.2 Å². The lowest BCUT2D eigenvalue weighted by Crippen LogP contribution is -1.99. The van der Waals surface area contributed by atoms with Crippen LogP contribution < -0.4 is 15.8 Å². The summed E-state index contributed by atoms with van der Waals surface area (Å²) in [5, 5.41) is 3.64. The number of pyridine rings is 1. The monoisotopic (exact) mass is 327 g/mol. The third-order valence-corrected chi connectivity index (χ3v) is 3.07. The molecule has 6 heteroatoms. The van der Waals surface area contributed by atoms with Gasteiger partial charge in [-0.1, -0.05) is 11.6 Å². The molecule has 0 saturated heterocycles. The fourth-order valence-corrected chi connectivity index (χ4v) is 1.93. The van der Waals surface area contributed by atoms with Crippen LogP contribution in [-0.4, -0.2) is 12.1 Å². The van der Waals surface area contributed by atoms with Gasteiger partial charge in [0.05, 0.1) is 23.5 Å². The van der Waals surface area contributed by atoms with Gasteiger partial charge in [0.25, 0.3) is 0 Å². The highest BCUT2D eigenvalue weighted by molar-refractivity contribution is 9.10. The molecule has 1 heterocycles. The van der Waals surface area contributed by atoms with Crippen molar-refractivity contribution in [3.8, 4) is 5.75 Å². The Balaban J connectivity index is 2.33. The molecule has 0 amide bonds. The molecule has 2 rings (SSSR count). The molecule has 0 spiro atoms. The highest BCUT2D eigenvalue weighted by atomic mass is 79.9. The van der Waals surface area contributed by atoms with Crippen LogP contribution in [0.5, 0.6) is 5.75 Å². The highest BCUT2D eigenvalue weighted by Crippen LogP contribution is 2.31. The Kier molecular flexibility index (Phi) is 3.93. The van der Waals surface area contributed by atoms with Gasteiger partial charge in [0.2, 0.25) is 0 Å². The first-order chi connectivity index (χ1) is 8.60. The summed E-state index contributed by atoms with van der Waals surface area (Å²) in [6, 6.07) is 7.08. The van der Waals surface area contributed by atoms with Crippen molar-refractivity contribution in [2.45, 2.75) is 0 Å². The van der Waals surface area contributed by atoms with Crippen LogP contribution >= 0.6 is 27.5 Å². The van der Waals surface area contributed by atoms with Gasteiger partial charge in [-0.25, -0.2) is 4.98 Å². The van der Waals surface area contributed by atoms with Crippen LogP contribution in [0.2, 0.25) is 5.02 Å². The van der Waals surface area contributed by atoms with Crippen molar-refractivity contribution in [3.63, 3.8) is 0 Å². The van der Waals surface area contributed by atoms with Gasteiger partial charge in [-0.3, -0.25) is 0 Å². The van der Waals surface area contributed by atoms with Crippen LogP contribution in [0.4, 0.5) is 17.2 Å². The second-order valence-electron chi connectivity index (χ2n) is 3.56. The minimum absolute atomic E-state index is 0.531. The number of aromatic nitrogens is 1. The van der Waals surface area contributed by atoms with E-state index in [1.807, 2.05) is 0 Å². The summed E-state index contributed by atoms with van der Waals surface area (Å²) >= 11 is 9.39. The van der Waals surface area contributed by atoms with Gasteiger partial charge in [0, 0.05) is 16.7 Å². The molecule has 0 atom stereocenters. The second kappa shape index (κ2) is 5.46. The molecular weight excluding hydrogens is 318 g/mol. The van der Waals surface area contributed by atoms with E-state index in [1.165, 1.54) is 0 Å². The standard InChI is InChI=1S/C12H11BrClN3O/c1-18-8-2-3-9(14)11(5-8)17-12-10(15)4-7(13)6-16-12/h2-6H,15H2,1H3,(H,16,17). The smallest absolute Gasteiger partial charge is 0.153 e. The van der Waals surface area contributed by atoms with E-state index in [-0.39, 0.29) is 0 Å². The summed E-state index contributed by atoms with van der Waals surface area (Å²) in [6.45, 7) is 0. The second-order valence-corrected chi connectivity index (χ2v) is 4.89. The van der Waals surface area contributed by atoms with Crippen molar-refractivity contribution in [1.29, 1.82) is 0 Å². The Labute approximate surface area is 118 Å². The zero-order valence-electron chi connectivity index (χ0n) is 9.58. The van der Waals surface area contributed by atoms with E-state index in [0.717, 1.165) is 4.47 Å². The van der Waals surface area contributed by atoms with Crippen LogP contribution in [0.25, 0.3) is 0 Å². The maximum atomic E-state index is 6.09. The first-order valence-corrected chi connectivity index (χ1v) is 6.29. The number of hydrogen-bond donors (Lipinski definition) is 2. The number of halogens is 2. The van der Waals surface area contributed by atoms with E-state index in [4.69, 9.17) is 22.1 Å². The molecule has 0 radical (unpaired) electrons. The lowest BCUT2D eigenvalue weighted by atomic mass is 10.3. The molecule has 4 nitrogen and oxygen atoms in total. The molecule has 0 bridgehead atoms. The van der Waals surface area contributed by atoms with Crippen molar-refractivity contribution in [2.75, 3.05) is 18.2 Å². The van der Waals surface area contributed by atoms with Gasteiger partial charge in [0.1, 0.15) is 5.75 Å². The number of nitrogens with two attached hydrogens (primary N) is 1. The lowest BCUT2D eigenvalue weighted by Gasteiger charge is -2.11. The van der Waals surface area contributed by atoms with E-state index in [2.05, 4.69) is 26.2 Å². The van der Waals surface area contributed by atoms with E-state index in [9.17, 15) is 0 Å². The maximum absolute atomic E-state index is 6.09. The number of ether oxygens (including phenoxy) is 1. The quantitative estimate of drug-likeness (QED) is 0.899. The van der Waals surface area contributed by atoms with Gasteiger partial charge in [-0.2, -0.15) is 0 Å². The van der Waals surface area contributed by atoms with E-state index < -0.39 is 0 Å². The zero-order chi connectivity index (χ0) is 13.1. The van der Waals surface area contributed by atoms with Gasteiger partial charge >= 0.3 is 0 Å². The van der Waals surface area contributed by atoms with Crippen LogP contribution in [0, 0.1) is 0 Å². The minimum Gasteiger partial charge on any atom is -0.497 e. The minimum atomic E-state index is 0.531. The summed E-state index contributed by atoms with van der Waals surface area (Å²) < 4.78 is 5.96. The lowest BCUT2D eigenvalue weighted by molar-refractivity contribution is 0.415. The summed E-state index contributed by atoms with van der Waals surface area (Å²) in [6.07, 6.45) is 1.66. The number of hydrogen-bond acceptors (Lipinski definition) is 4. The fourth-order valence-electron chi connectivity index (χ4n) is 1.41. The molecule has 18 heavy (non-hydrogen) atoms. The molecule has 0 aliphatic carbocycles. The molecule has 0 saturated carbocycles. The first kappa shape index (κ1) is 13.0. The molecule has 0 aliphatic rings. The SMILES string of the molecule is COc1ccc(Cl)c(Nc2ncc(Br)cc2N)c1. The predicted octanol–water partition coefficient (Wildman–Crippen LogP) is 3.83. The van der Waals surface area contributed by atoms with Crippen LogP contribution in [0.1, 0.15) is 0 Å². The van der Waals surface area contributed by atoms with Gasteiger partial charge in [0.15, 0.2) is 5.82 Å². The van der Waals surface area contributed by atoms with Gasteiger partial charge < -0.3 is 15.8 Å². The number of nitrogens with zero attached hydrogens (tertiary/aromatic N) is 1. The van der Waals surface area contributed by atoms with Crippen LogP contribution in [0.15, 0.2) is 34.9 Å². The van der Waals surface area contributed by atoms with Crippen molar-refractivity contribution in [1.82, 2.24) is 4.98 Å². The van der Waals surface area contributed by atoms with Gasteiger partial charge in [-0.05, 0) is 34.1 Å². The predicted molar refractivity (Wildman–Crippen MR) is 77.6 cm³/mol. The Morgan fingerprint density at radius 2 is 2.17 bits per heavy atom. The molecule has 1 aromatic carbocycles. The maximum Gasteiger partial charge on any atom is 0.153 e. The van der Waals surface area contributed by atoms with Crippen LogP contribution in [-0.2, 0) is 0 Å². The molecule has 0 fully saturated rings. The normalized spacial score (nSPS) is 10.2.